The smallest absolute Gasteiger partial charge is 0.276 e. The molecular weight excluding hydrogens is 386 g/mol. The highest BCUT2D eigenvalue weighted by atomic mass is 79.9. The first-order chi connectivity index (χ1) is 12.0. The predicted octanol–water partition coefficient (Wildman–Crippen LogP) is 3.36. The van der Waals surface area contributed by atoms with Gasteiger partial charge in [0.15, 0.2) is 5.92 Å². The summed E-state index contributed by atoms with van der Waals surface area (Å²) in [5.74, 6) is -2.49. The van der Waals surface area contributed by atoms with Crippen molar-refractivity contribution in [3.63, 3.8) is 0 Å². The first-order valence-corrected chi connectivity index (χ1v) is 8.31. The molecule has 2 aromatic rings. The zero-order valence-corrected chi connectivity index (χ0v) is 14.9. The summed E-state index contributed by atoms with van der Waals surface area (Å²) in [6.45, 7) is 1.85. The maximum atomic E-state index is 12.7. The Bertz CT molecular complexity index is 895. The second-order valence-electron chi connectivity index (χ2n) is 5.51. The van der Waals surface area contributed by atoms with Crippen molar-refractivity contribution < 1.29 is 14.4 Å². The number of aliphatic imine (C=N–C) groups is 1. The number of aryl methyl sites for hydroxylation is 1. The Hall–Kier alpha value is -2.80. The van der Waals surface area contributed by atoms with Crippen LogP contribution in [0.3, 0.4) is 0 Å². The maximum absolute atomic E-state index is 12.7. The Labute approximate surface area is 152 Å². The van der Waals surface area contributed by atoms with Crippen LogP contribution in [-0.4, -0.2) is 24.1 Å². The molecule has 1 fully saturated rings. The number of halogens is 1. The molecule has 0 spiro atoms. The number of hydrogen-bond donors (Lipinski definition) is 1. The number of rotatable bonds is 3. The number of carbonyl (C=O) groups excluding carboxylic acids is 3. The molecule has 7 heteroatoms. The Kier molecular flexibility index (Phi) is 4.76. The monoisotopic (exact) mass is 399 g/mol. The van der Waals surface area contributed by atoms with Crippen LogP contribution in [0.15, 0.2) is 58.0 Å². The molecule has 2 aromatic carbocycles. The number of benzene rings is 2. The molecule has 1 aliphatic heterocycles. The summed E-state index contributed by atoms with van der Waals surface area (Å²) in [7, 11) is 0. The average Bonchev–Trinajstić information content (AvgIpc) is 2.56. The van der Waals surface area contributed by atoms with Crippen LogP contribution in [-0.2, 0) is 9.59 Å². The minimum atomic E-state index is -1.18. The molecule has 1 saturated heterocycles. The first-order valence-electron chi connectivity index (χ1n) is 7.51. The summed E-state index contributed by atoms with van der Waals surface area (Å²) >= 11 is 3.35. The molecule has 0 aliphatic carbocycles. The van der Waals surface area contributed by atoms with Gasteiger partial charge in [0.2, 0.25) is 5.91 Å². The van der Waals surface area contributed by atoms with Crippen molar-refractivity contribution in [2.24, 2.45) is 10.9 Å². The predicted molar refractivity (Wildman–Crippen MR) is 98.0 cm³/mol. The normalized spacial score (nSPS) is 17.9. The fourth-order valence-corrected chi connectivity index (χ4v) is 2.83. The van der Waals surface area contributed by atoms with Crippen molar-refractivity contribution in [3.05, 3.63) is 58.6 Å². The minimum absolute atomic E-state index is 0.411. The number of anilines is 1. The largest absolute Gasteiger partial charge is 0.335 e. The highest BCUT2D eigenvalue weighted by Gasteiger charge is 2.40. The van der Waals surface area contributed by atoms with Crippen molar-refractivity contribution in [2.45, 2.75) is 6.92 Å². The number of barbiturate groups is 1. The number of urea groups is 1. The van der Waals surface area contributed by atoms with Crippen LogP contribution in [0.4, 0.5) is 16.2 Å². The van der Waals surface area contributed by atoms with Crippen LogP contribution in [0, 0.1) is 12.8 Å². The number of nitrogens with zero attached hydrogens (tertiary/aromatic N) is 2. The van der Waals surface area contributed by atoms with E-state index in [-0.39, 0.29) is 0 Å². The molecule has 3 rings (SSSR count). The first kappa shape index (κ1) is 17.0. The zero-order chi connectivity index (χ0) is 18.0. The van der Waals surface area contributed by atoms with Gasteiger partial charge in [-0.25, -0.2) is 9.69 Å². The summed E-state index contributed by atoms with van der Waals surface area (Å²) in [6, 6.07) is 13.4. The average molecular weight is 400 g/mol. The quantitative estimate of drug-likeness (QED) is 0.634. The lowest BCUT2D eigenvalue weighted by Crippen LogP contribution is -2.58. The molecule has 6 nitrogen and oxygen atoms in total. The second kappa shape index (κ2) is 6.98. The number of para-hydroxylation sites is 1. The van der Waals surface area contributed by atoms with Gasteiger partial charge >= 0.3 is 6.03 Å². The Balaban J connectivity index is 1.92. The second-order valence-corrected chi connectivity index (χ2v) is 6.37. The van der Waals surface area contributed by atoms with Gasteiger partial charge in [0.05, 0.1) is 11.4 Å². The van der Waals surface area contributed by atoms with Crippen LogP contribution < -0.4 is 10.2 Å². The third kappa shape index (κ3) is 3.51. The van der Waals surface area contributed by atoms with Gasteiger partial charge in [0.25, 0.3) is 5.91 Å². The van der Waals surface area contributed by atoms with E-state index < -0.39 is 23.8 Å². The minimum Gasteiger partial charge on any atom is -0.276 e. The van der Waals surface area contributed by atoms with Gasteiger partial charge in [-0.15, -0.1) is 0 Å². The Morgan fingerprint density at radius 2 is 1.88 bits per heavy atom. The van der Waals surface area contributed by atoms with Crippen LogP contribution in [0.2, 0.25) is 0 Å². The number of imide groups is 2. The highest BCUT2D eigenvalue weighted by Crippen LogP contribution is 2.25. The maximum Gasteiger partial charge on any atom is 0.335 e. The van der Waals surface area contributed by atoms with Gasteiger partial charge in [-0.2, -0.15) is 0 Å². The molecule has 1 atom stereocenters. The van der Waals surface area contributed by atoms with Gasteiger partial charge in [-0.05, 0) is 52.7 Å². The highest BCUT2D eigenvalue weighted by molar-refractivity contribution is 9.10. The third-order valence-electron chi connectivity index (χ3n) is 3.68. The number of amides is 4. The number of carbonyl (C=O) groups is 3. The summed E-state index contributed by atoms with van der Waals surface area (Å²) in [6.07, 6.45) is 1.26. The molecule has 4 amide bonds. The molecule has 0 aromatic heterocycles. The van der Waals surface area contributed by atoms with E-state index >= 15 is 0 Å². The van der Waals surface area contributed by atoms with Gasteiger partial charge in [0.1, 0.15) is 0 Å². The fraction of sp³-hybridized carbons (Fsp3) is 0.111. The van der Waals surface area contributed by atoms with Gasteiger partial charge in [0, 0.05) is 10.7 Å². The van der Waals surface area contributed by atoms with Crippen molar-refractivity contribution in [3.8, 4) is 0 Å². The lowest BCUT2D eigenvalue weighted by molar-refractivity contribution is -0.131. The Morgan fingerprint density at radius 3 is 2.60 bits per heavy atom. The molecule has 1 N–H and O–H groups in total. The standard InChI is InChI=1S/C18H14BrN3O3/c1-11-5-4-6-12(9-11)22-17(24)13(16(23)21-18(22)25)10-20-15-8-3-2-7-14(15)19/h2-10,13H,1H3,(H,21,23,25)/t13-/m0/s1. The van der Waals surface area contributed by atoms with E-state index in [0.717, 1.165) is 14.9 Å². The lowest BCUT2D eigenvalue weighted by atomic mass is 10.1. The summed E-state index contributed by atoms with van der Waals surface area (Å²) in [5, 5.41) is 2.20. The third-order valence-corrected chi connectivity index (χ3v) is 4.35. The van der Waals surface area contributed by atoms with Crippen molar-refractivity contribution in [1.29, 1.82) is 0 Å². The van der Waals surface area contributed by atoms with Gasteiger partial charge in [-0.3, -0.25) is 19.9 Å². The van der Waals surface area contributed by atoms with E-state index in [0.29, 0.717) is 11.4 Å². The molecule has 1 heterocycles. The summed E-state index contributed by atoms with van der Waals surface area (Å²) in [4.78, 5) is 42.1. The fourth-order valence-electron chi connectivity index (χ4n) is 2.44. The van der Waals surface area contributed by atoms with E-state index in [1.165, 1.54) is 6.21 Å². The van der Waals surface area contributed by atoms with Crippen LogP contribution in [0.25, 0.3) is 0 Å². The zero-order valence-electron chi connectivity index (χ0n) is 13.3. The van der Waals surface area contributed by atoms with Crippen molar-refractivity contribution in [2.75, 3.05) is 4.90 Å². The SMILES string of the molecule is Cc1cccc(N2C(=O)NC(=O)[C@H](C=Nc3ccccc3Br)C2=O)c1. The summed E-state index contributed by atoms with van der Waals surface area (Å²) < 4.78 is 0.738. The molecule has 0 bridgehead atoms. The molecule has 1 aliphatic rings. The number of hydrogen-bond acceptors (Lipinski definition) is 4. The van der Waals surface area contributed by atoms with E-state index in [9.17, 15) is 14.4 Å². The van der Waals surface area contributed by atoms with Crippen LogP contribution in [0.5, 0.6) is 0 Å². The molecule has 0 saturated carbocycles. The van der Waals surface area contributed by atoms with E-state index in [4.69, 9.17) is 0 Å². The van der Waals surface area contributed by atoms with Crippen LogP contribution >= 0.6 is 15.9 Å². The van der Waals surface area contributed by atoms with Crippen LogP contribution in [0.1, 0.15) is 5.56 Å². The molecule has 126 valence electrons. The molecule has 25 heavy (non-hydrogen) atoms. The lowest BCUT2D eigenvalue weighted by Gasteiger charge is -2.28. The van der Waals surface area contributed by atoms with E-state index in [1.54, 1.807) is 36.4 Å². The van der Waals surface area contributed by atoms with Gasteiger partial charge in [-0.1, -0.05) is 24.3 Å². The molecular formula is C18H14BrN3O3. The topological polar surface area (TPSA) is 78.8 Å². The summed E-state index contributed by atoms with van der Waals surface area (Å²) in [5.41, 5.74) is 1.89. The number of nitrogens with one attached hydrogen (secondary N) is 1. The van der Waals surface area contributed by atoms with E-state index in [2.05, 4.69) is 26.2 Å². The molecule has 0 unspecified atom stereocenters. The van der Waals surface area contributed by atoms with Crippen molar-refractivity contribution >= 4 is 51.4 Å². The molecule has 0 radical (unpaired) electrons. The van der Waals surface area contributed by atoms with Crippen molar-refractivity contribution in [1.82, 2.24) is 5.32 Å². The van der Waals surface area contributed by atoms with Gasteiger partial charge < -0.3 is 0 Å². The Morgan fingerprint density at radius 1 is 1.12 bits per heavy atom. The van der Waals surface area contributed by atoms with E-state index in [1.807, 2.05) is 19.1 Å².